The monoisotopic (exact) mass is 400 g/mol. The molecule has 2 aliphatic heterocycles. The Labute approximate surface area is 171 Å². The number of amides is 2. The van der Waals surface area contributed by atoms with Crippen molar-refractivity contribution >= 4 is 24.2 Å². The topological polar surface area (TPSA) is 65.5 Å². The second-order valence-electron chi connectivity index (χ2n) is 7.20. The maximum atomic E-state index is 13.2. The van der Waals surface area contributed by atoms with Gasteiger partial charge in [-0.05, 0) is 17.2 Å². The lowest BCUT2D eigenvalue weighted by Crippen LogP contribution is -2.50. The molecule has 0 saturated carbocycles. The third-order valence-corrected chi connectivity index (χ3v) is 5.38. The first-order valence-corrected chi connectivity index (χ1v) is 9.45. The van der Waals surface area contributed by atoms with E-state index in [-0.39, 0.29) is 36.2 Å². The summed E-state index contributed by atoms with van der Waals surface area (Å²) in [5.74, 6) is -0.127. The number of piperazine rings is 1. The number of likely N-dealkylation sites (tertiary alicyclic amines) is 1. The molecule has 2 atom stereocenters. The molecule has 0 bridgehead atoms. The fourth-order valence-electron chi connectivity index (χ4n) is 3.97. The van der Waals surface area contributed by atoms with Crippen molar-refractivity contribution in [2.45, 2.75) is 19.0 Å². The lowest BCUT2D eigenvalue weighted by molar-refractivity contribution is -0.139. The van der Waals surface area contributed by atoms with Crippen molar-refractivity contribution in [3.05, 3.63) is 66.0 Å². The van der Waals surface area contributed by atoms with Crippen LogP contribution in [0, 0.1) is 5.92 Å². The molecule has 2 fully saturated rings. The number of aromatic nitrogens is 1. The van der Waals surface area contributed by atoms with Crippen LogP contribution in [0.15, 0.2) is 54.9 Å². The second-order valence-corrected chi connectivity index (χ2v) is 7.20. The van der Waals surface area contributed by atoms with Gasteiger partial charge in [0.25, 0.3) is 0 Å². The van der Waals surface area contributed by atoms with Crippen molar-refractivity contribution in [2.75, 3.05) is 26.2 Å². The molecule has 0 spiro atoms. The van der Waals surface area contributed by atoms with Crippen LogP contribution in [0.4, 0.5) is 0 Å². The van der Waals surface area contributed by atoms with E-state index in [9.17, 15) is 9.59 Å². The third-order valence-electron chi connectivity index (χ3n) is 5.38. The maximum Gasteiger partial charge on any atom is 0.228 e. The molecule has 1 aromatic heterocycles. The zero-order valence-electron chi connectivity index (χ0n) is 15.7. The summed E-state index contributed by atoms with van der Waals surface area (Å²) in [5.41, 5.74) is 2.12. The molecule has 2 unspecified atom stereocenters. The van der Waals surface area contributed by atoms with Crippen LogP contribution in [-0.2, 0) is 16.1 Å². The molecule has 1 N–H and O–H groups in total. The van der Waals surface area contributed by atoms with Crippen LogP contribution in [0.3, 0.4) is 0 Å². The van der Waals surface area contributed by atoms with E-state index in [1.807, 2.05) is 53.6 Å². The molecule has 7 heteroatoms. The highest BCUT2D eigenvalue weighted by Gasteiger charge is 2.39. The van der Waals surface area contributed by atoms with E-state index in [0.717, 1.165) is 17.7 Å². The minimum atomic E-state index is -0.265. The standard InChI is InChI=1S/C21H24N4O2.ClH/c26-20-11-18(15-24(20)14-16-5-2-1-3-6-16)21(27)25-10-9-23-13-19(25)17-7-4-8-22-12-17;/h1-8,12,18-19,23H,9-11,13-15H2;1H. The van der Waals surface area contributed by atoms with Crippen LogP contribution in [-0.4, -0.2) is 52.8 Å². The summed E-state index contributed by atoms with van der Waals surface area (Å²) in [7, 11) is 0. The summed E-state index contributed by atoms with van der Waals surface area (Å²) in [6.07, 6.45) is 3.86. The van der Waals surface area contributed by atoms with Crippen molar-refractivity contribution in [2.24, 2.45) is 5.92 Å². The highest BCUT2D eigenvalue weighted by Crippen LogP contribution is 2.28. The number of pyridine rings is 1. The van der Waals surface area contributed by atoms with Crippen LogP contribution in [0.25, 0.3) is 0 Å². The van der Waals surface area contributed by atoms with Crippen molar-refractivity contribution < 1.29 is 9.59 Å². The molecule has 3 heterocycles. The van der Waals surface area contributed by atoms with E-state index in [0.29, 0.717) is 32.6 Å². The first kappa shape index (κ1) is 20.3. The first-order valence-electron chi connectivity index (χ1n) is 9.45. The predicted molar refractivity (Wildman–Crippen MR) is 109 cm³/mol. The van der Waals surface area contributed by atoms with Gasteiger partial charge in [-0.2, -0.15) is 0 Å². The molecule has 1 aromatic carbocycles. The summed E-state index contributed by atoms with van der Waals surface area (Å²) in [6, 6.07) is 13.8. The fraction of sp³-hybridized carbons (Fsp3) is 0.381. The van der Waals surface area contributed by atoms with Crippen LogP contribution >= 0.6 is 12.4 Å². The van der Waals surface area contributed by atoms with E-state index in [1.165, 1.54) is 0 Å². The second kappa shape index (κ2) is 9.17. The summed E-state index contributed by atoms with van der Waals surface area (Å²) in [6.45, 7) is 3.21. The van der Waals surface area contributed by atoms with Gasteiger partial charge in [-0.1, -0.05) is 36.4 Å². The Morgan fingerprint density at radius 1 is 1.18 bits per heavy atom. The number of nitrogens with zero attached hydrogens (tertiary/aromatic N) is 3. The highest BCUT2D eigenvalue weighted by atomic mass is 35.5. The molecule has 28 heavy (non-hydrogen) atoms. The van der Waals surface area contributed by atoms with Gasteiger partial charge in [-0.25, -0.2) is 0 Å². The van der Waals surface area contributed by atoms with Gasteiger partial charge in [0, 0.05) is 51.5 Å². The number of rotatable bonds is 4. The number of nitrogens with one attached hydrogen (secondary N) is 1. The van der Waals surface area contributed by atoms with E-state index in [2.05, 4.69) is 10.3 Å². The van der Waals surface area contributed by atoms with E-state index >= 15 is 0 Å². The number of hydrogen-bond acceptors (Lipinski definition) is 4. The number of benzene rings is 1. The quantitative estimate of drug-likeness (QED) is 0.852. The normalized spacial score (nSPS) is 22.1. The zero-order chi connectivity index (χ0) is 18.6. The van der Waals surface area contributed by atoms with Gasteiger partial charge < -0.3 is 15.1 Å². The minimum absolute atomic E-state index is 0. The Morgan fingerprint density at radius 2 is 2.00 bits per heavy atom. The van der Waals surface area contributed by atoms with E-state index in [4.69, 9.17) is 0 Å². The first-order chi connectivity index (χ1) is 13.2. The summed E-state index contributed by atoms with van der Waals surface area (Å²) < 4.78 is 0. The van der Waals surface area contributed by atoms with Crippen molar-refractivity contribution in [1.29, 1.82) is 0 Å². The third kappa shape index (κ3) is 4.34. The number of halogens is 1. The van der Waals surface area contributed by atoms with E-state index in [1.54, 1.807) is 11.1 Å². The van der Waals surface area contributed by atoms with Crippen LogP contribution in [0.5, 0.6) is 0 Å². The van der Waals surface area contributed by atoms with Crippen LogP contribution in [0.2, 0.25) is 0 Å². The van der Waals surface area contributed by atoms with Crippen LogP contribution < -0.4 is 5.32 Å². The Kier molecular flexibility index (Phi) is 6.65. The van der Waals surface area contributed by atoms with Gasteiger partial charge >= 0.3 is 0 Å². The van der Waals surface area contributed by atoms with E-state index < -0.39 is 0 Å². The molecule has 0 aliphatic carbocycles. The molecular formula is C21H25ClN4O2. The van der Waals surface area contributed by atoms with Gasteiger partial charge in [0.05, 0.1) is 12.0 Å². The van der Waals surface area contributed by atoms with Gasteiger partial charge in [0.15, 0.2) is 0 Å². The average molecular weight is 401 g/mol. The number of carbonyl (C=O) groups excluding carboxylic acids is 2. The van der Waals surface area contributed by atoms with Gasteiger partial charge in [-0.3, -0.25) is 14.6 Å². The molecule has 2 aliphatic rings. The molecule has 2 aromatic rings. The fourth-order valence-corrected chi connectivity index (χ4v) is 3.97. The molecule has 2 saturated heterocycles. The lowest BCUT2D eigenvalue weighted by Gasteiger charge is -2.37. The number of carbonyl (C=O) groups is 2. The Bertz CT molecular complexity index is 803. The largest absolute Gasteiger partial charge is 0.338 e. The summed E-state index contributed by atoms with van der Waals surface area (Å²) >= 11 is 0. The Morgan fingerprint density at radius 3 is 2.75 bits per heavy atom. The van der Waals surface area contributed by atoms with Crippen molar-refractivity contribution in [3.8, 4) is 0 Å². The van der Waals surface area contributed by atoms with Gasteiger partial charge in [0.2, 0.25) is 11.8 Å². The lowest BCUT2D eigenvalue weighted by atomic mass is 10.0. The molecule has 148 valence electrons. The van der Waals surface area contributed by atoms with Crippen molar-refractivity contribution in [1.82, 2.24) is 20.1 Å². The predicted octanol–water partition coefficient (Wildman–Crippen LogP) is 2.02. The highest BCUT2D eigenvalue weighted by molar-refractivity contribution is 5.89. The maximum absolute atomic E-state index is 13.2. The summed E-state index contributed by atoms with van der Waals surface area (Å²) in [5, 5.41) is 3.36. The molecular weight excluding hydrogens is 376 g/mol. The molecule has 0 radical (unpaired) electrons. The Hall–Kier alpha value is -2.44. The SMILES string of the molecule is Cl.O=C1CC(C(=O)N2CCNCC2c2cccnc2)CN1Cc1ccccc1. The minimum Gasteiger partial charge on any atom is -0.338 e. The molecule has 4 rings (SSSR count). The average Bonchev–Trinajstić information content (AvgIpc) is 3.09. The van der Waals surface area contributed by atoms with Gasteiger partial charge in [-0.15, -0.1) is 12.4 Å². The zero-order valence-corrected chi connectivity index (χ0v) is 16.5. The number of hydrogen-bond donors (Lipinski definition) is 1. The van der Waals surface area contributed by atoms with Crippen molar-refractivity contribution in [3.63, 3.8) is 0 Å². The van der Waals surface area contributed by atoms with Crippen LogP contribution in [0.1, 0.15) is 23.6 Å². The summed E-state index contributed by atoms with van der Waals surface area (Å²) in [4.78, 5) is 33.6. The molecule has 6 nitrogen and oxygen atoms in total. The van der Waals surface area contributed by atoms with Gasteiger partial charge in [0.1, 0.15) is 0 Å². The molecule has 2 amide bonds. The Balaban J connectivity index is 0.00000225. The smallest absolute Gasteiger partial charge is 0.228 e.